The van der Waals surface area contributed by atoms with Gasteiger partial charge in [-0.3, -0.25) is 14.8 Å². The molecular formula is C10H13N3O4. The first-order chi connectivity index (χ1) is 8.13. The summed E-state index contributed by atoms with van der Waals surface area (Å²) in [6.45, 7) is 2.55. The second-order valence-corrected chi connectivity index (χ2v) is 3.16. The van der Waals surface area contributed by atoms with Crippen molar-refractivity contribution in [3.05, 3.63) is 34.7 Å². The first-order valence-electron chi connectivity index (χ1n) is 5.13. The SMILES string of the molecule is CCOC(=O)/C=C/CCn1cc([N+](=O)[O-])cn1. The molecule has 0 aliphatic heterocycles. The number of ether oxygens (including phenoxy) is 1. The van der Waals surface area contributed by atoms with Gasteiger partial charge < -0.3 is 4.74 Å². The number of rotatable bonds is 6. The third kappa shape index (κ3) is 4.45. The van der Waals surface area contributed by atoms with Crippen molar-refractivity contribution in [3.8, 4) is 0 Å². The maximum absolute atomic E-state index is 10.9. The van der Waals surface area contributed by atoms with Gasteiger partial charge in [0.15, 0.2) is 0 Å². The van der Waals surface area contributed by atoms with Crippen LogP contribution in [0.2, 0.25) is 0 Å². The molecule has 1 heterocycles. The van der Waals surface area contributed by atoms with Gasteiger partial charge in [-0.1, -0.05) is 6.08 Å². The minimum atomic E-state index is -0.502. The molecule has 0 saturated heterocycles. The molecule has 0 bridgehead atoms. The van der Waals surface area contributed by atoms with Crippen LogP contribution in [0.5, 0.6) is 0 Å². The van der Waals surface area contributed by atoms with E-state index in [0.29, 0.717) is 19.6 Å². The summed E-state index contributed by atoms with van der Waals surface area (Å²) in [4.78, 5) is 20.8. The van der Waals surface area contributed by atoms with Crippen molar-refractivity contribution in [3.63, 3.8) is 0 Å². The number of esters is 1. The van der Waals surface area contributed by atoms with Crippen LogP contribution >= 0.6 is 0 Å². The number of hydrogen-bond donors (Lipinski definition) is 0. The largest absolute Gasteiger partial charge is 0.463 e. The Bertz CT molecular complexity index is 425. The van der Waals surface area contributed by atoms with E-state index >= 15 is 0 Å². The average Bonchev–Trinajstić information content (AvgIpc) is 2.73. The molecule has 1 aromatic heterocycles. The quantitative estimate of drug-likeness (QED) is 0.323. The molecule has 7 heteroatoms. The molecule has 92 valence electrons. The summed E-state index contributed by atoms with van der Waals surface area (Å²) >= 11 is 0. The summed E-state index contributed by atoms with van der Waals surface area (Å²) in [5.41, 5.74) is -0.0422. The van der Waals surface area contributed by atoms with Crippen molar-refractivity contribution in [2.75, 3.05) is 6.61 Å². The lowest BCUT2D eigenvalue weighted by atomic mass is 10.4. The van der Waals surface area contributed by atoms with Crippen molar-refractivity contribution in [2.45, 2.75) is 19.9 Å². The number of carbonyl (C=O) groups excluding carboxylic acids is 1. The van der Waals surface area contributed by atoms with Gasteiger partial charge in [-0.05, 0) is 13.3 Å². The summed E-state index contributed by atoms with van der Waals surface area (Å²) in [6.07, 6.45) is 6.07. The summed E-state index contributed by atoms with van der Waals surface area (Å²) in [5.74, 6) is -0.390. The van der Waals surface area contributed by atoms with Crippen LogP contribution in [0.4, 0.5) is 5.69 Å². The number of allylic oxidation sites excluding steroid dienone is 1. The predicted octanol–water partition coefficient (Wildman–Crippen LogP) is 1.30. The third-order valence-corrected chi connectivity index (χ3v) is 1.90. The minimum Gasteiger partial charge on any atom is -0.463 e. The fraction of sp³-hybridized carbons (Fsp3) is 0.400. The molecule has 0 N–H and O–H groups in total. The standard InChI is InChI=1S/C10H13N3O4/c1-2-17-10(14)5-3-4-6-12-8-9(7-11-12)13(15)16/h3,5,7-8H,2,4,6H2,1H3/b5-3+. The number of aromatic nitrogens is 2. The van der Waals surface area contributed by atoms with Gasteiger partial charge in [-0.25, -0.2) is 4.79 Å². The second kappa shape index (κ2) is 6.41. The highest BCUT2D eigenvalue weighted by atomic mass is 16.6. The van der Waals surface area contributed by atoms with Gasteiger partial charge in [0.25, 0.3) is 0 Å². The third-order valence-electron chi connectivity index (χ3n) is 1.90. The topological polar surface area (TPSA) is 87.3 Å². The van der Waals surface area contributed by atoms with Gasteiger partial charge in [0, 0.05) is 12.6 Å². The molecule has 0 radical (unpaired) electrons. The van der Waals surface area contributed by atoms with E-state index < -0.39 is 4.92 Å². The Morgan fingerprint density at radius 2 is 2.47 bits per heavy atom. The molecule has 0 unspecified atom stereocenters. The first kappa shape index (κ1) is 12.9. The van der Waals surface area contributed by atoms with Gasteiger partial charge in [-0.15, -0.1) is 0 Å². The van der Waals surface area contributed by atoms with E-state index in [1.54, 1.807) is 13.0 Å². The summed E-state index contributed by atoms with van der Waals surface area (Å²) in [7, 11) is 0. The highest BCUT2D eigenvalue weighted by Crippen LogP contribution is 2.07. The molecule has 1 rings (SSSR count). The molecule has 7 nitrogen and oxygen atoms in total. The van der Waals surface area contributed by atoms with Crippen molar-refractivity contribution in [1.29, 1.82) is 0 Å². The monoisotopic (exact) mass is 239 g/mol. The van der Waals surface area contributed by atoms with E-state index in [-0.39, 0.29) is 11.7 Å². The maximum Gasteiger partial charge on any atom is 0.330 e. The summed E-state index contributed by atoms with van der Waals surface area (Å²) in [5, 5.41) is 14.2. The Balaban J connectivity index is 2.35. The molecule has 0 spiro atoms. The van der Waals surface area contributed by atoms with E-state index in [4.69, 9.17) is 4.74 Å². The molecule has 0 saturated carbocycles. The maximum atomic E-state index is 10.9. The van der Waals surface area contributed by atoms with Crippen LogP contribution in [-0.2, 0) is 16.1 Å². The molecule has 0 aliphatic carbocycles. The number of aryl methyl sites for hydroxylation is 1. The van der Waals surface area contributed by atoms with Gasteiger partial charge in [0.05, 0.1) is 11.5 Å². The van der Waals surface area contributed by atoms with E-state index in [9.17, 15) is 14.9 Å². The molecule has 17 heavy (non-hydrogen) atoms. The number of nitro groups is 1. The summed E-state index contributed by atoms with van der Waals surface area (Å²) in [6, 6.07) is 0. The van der Waals surface area contributed by atoms with Crippen LogP contribution in [0.3, 0.4) is 0 Å². The number of nitrogens with zero attached hydrogens (tertiary/aromatic N) is 3. The van der Waals surface area contributed by atoms with E-state index in [1.807, 2.05) is 0 Å². The fourth-order valence-corrected chi connectivity index (χ4v) is 1.15. The lowest BCUT2D eigenvalue weighted by Gasteiger charge is -1.96. The Morgan fingerprint density at radius 1 is 1.71 bits per heavy atom. The van der Waals surface area contributed by atoms with E-state index in [0.717, 1.165) is 0 Å². The molecule has 1 aromatic rings. The van der Waals surface area contributed by atoms with Gasteiger partial charge >= 0.3 is 11.7 Å². The Kier molecular flexibility index (Phi) is 4.86. The molecule has 0 aliphatic rings. The molecule has 0 aromatic carbocycles. The van der Waals surface area contributed by atoms with Crippen molar-refractivity contribution in [2.24, 2.45) is 0 Å². The number of hydrogen-bond acceptors (Lipinski definition) is 5. The molecule has 0 fully saturated rings. The van der Waals surface area contributed by atoms with E-state index in [2.05, 4.69) is 5.10 Å². The second-order valence-electron chi connectivity index (χ2n) is 3.16. The lowest BCUT2D eigenvalue weighted by molar-refractivity contribution is -0.385. The zero-order valence-electron chi connectivity index (χ0n) is 9.41. The van der Waals surface area contributed by atoms with Crippen molar-refractivity contribution < 1.29 is 14.5 Å². The van der Waals surface area contributed by atoms with E-state index in [1.165, 1.54) is 23.2 Å². The molecular weight excluding hydrogens is 226 g/mol. The highest BCUT2D eigenvalue weighted by Gasteiger charge is 2.07. The van der Waals surface area contributed by atoms with Gasteiger partial charge in [-0.2, -0.15) is 5.10 Å². The molecule has 0 amide bonds. The van der Waals surface area contributed by atoms with Gasteiger partial charge in [0.1, 0.15) is 12.4 Å². The van der Waals surface area contributed by atoms with Crippen LogP contribution in [0.25, 0.3) is 0 Å². The average molecular weight is 239 g/mol. The normalized spacial score (nSPS) is 10.6. The first-order valence-corrected chi connectivity index (χ1v) is 5.13. The van der Waals surface area contributed by atoms with Crippen molar-refractivity contribution >= 4 is 11.7 Å². The smallest absolute Gasteiger partial charge is 0.330 e. The van der Waals surface area contributed by atoms with Crippen LogP contribution in [0, 0.1) is 10.1 Å². The molecule has 0 atom stereocenters. The zero-order valence-corrected chi connectivity index (χ0v) is 9.41. The van der Waals surface area contributed by atoms with Crippen molar-refractivity contribution in [1.82, 2.24) is 9.78 Å². The predicted molar refractivity (Wildman–Crippen MR) is 59.3 cm³/mol. The Labute approximate surface area is 97.8 Å². The van der Waals surface area contributed by atoms with Crippen LogP contribution < -0.4 is 0 Å². The Morgan fingerprint density at radius 3 is 3.06 bits per heavy atom. The minimum absolute atomic E-state index is 0.0422. The fourth-order valence-electron chi connectivity index (χ4n) is 1.15. The lowest BCUT2D eigenvalue weighted by Crippen LogP contribution is -2.00. The Hall–Kier alpha value is -2.18. The summed E-state index contributed by atoms with van der Waals surface area (Å²) < 4.78 is 6.14. The zero-order chi connectivity index (χ0) is 12.7. The van der Waals surface area contributed by atoms with Crippen LogP contribution in [-0.4, -0.2) is 27.3 Å². The van der Waals surface area contributed by atoms with Crippen LogP contribution in [0.1, 0.15) is 13.3 Å². The number of carbonyl (C=O) groups is 1. The van der Waals surface area contributed by atoms with Gasteiger partial charge in [0.2, 0.25) is 0 Å². The van der Waals surface area contributed by atoms with Crippen LogP contribution in [0.15, 0.2) is 24.5 Å². The highest BCUT2D eigenvalue weighted by molar-refractivity contribution is 5.81.